The Morgan fingerprint density at radius 1 is 1.07 bits per heavy atom. The van der Waals surface area contributed by atoms with Crippen LogP contribution >= 0.6 is 0 Å². The van der Waals surface area contributed by atoms with Crippen molar-refractivity contribution in [2.75, 3.05) is 50.5 Å². The molecule has 0 bridgehead atoms. The van der Waals surface area contributed by atoms with Gasteiger partial charge in [-0.15, -0.1) is 0 Å². The van der Waals surface area contributed by atoms with E-state index in [-0.39, 0.29) is 12.2 Å². The first-order chi connectivity index (χ1) is 13.2. The Labute approximate surface area is 161 Å². The molecule has 1 unspecified atom stereocenters. The molecule has 0 radical (unpaired) electrons. The van der Waals surface area contributed by atoms with E-state index in [2.05, 4.69) is 28.7 Å². The van der Waals surface area contributed by atoms with Crippen LogP contribution in [-0.2, 0) is 22.4 Å². The predicted octanol–water partition coefficient (Wildman–Crippen LogP) is 0.125. The number of nitrogens with one attached hydrogen (secondary N) is 4. The summed E-state index contributed by atoms with van der Waals surface area (Å²) < 4.78 is 11.5. The minimum absolute atomic E-state index is 0.236. The van der Waals surface area contributed by atoms with Crippen LogP contribution in [0.25, 0.3) is 0 Å². The highest BCUT2D eigenvalue weighted by Crippen LogP contribution is 2.26. The van der Waals surface area contributed by atoms with Crippen LogP contribution < -0.4 is 20.5 Å². The molecule has 3 atom stereocenters. The van der Waals surface area contributed by atoms with Gasteiger partial charge in [-0.05, 0) is 31.2 Å². The molecule has 27 heavy (non-hydrogen) atoms. The van der Waals surface area contributed by atoms with E-state index in [0.29, 0.717) is 0 Å². The molecule has 0 saturated carbocycles. The van der Waals surface area contributed by atoms with E-state index in [1.54, 1.807) is 0 Å². The number of nitrogens with zero attached hydrogens (tertiary/aromatic N) is 1. The third-order valence-corrected chi connectivity index (χ3v) is 5.92. The predicted molar refractivity (Wildman–Crippen MR) is 102 cm³/mol. The lowest BCUT2D eigenvalue weighted by molar-refractivity contribution is -0.895. The normalized spacial score (nSPS) is 27.2. The zero-order valence-electron chi connectivity index (χ0n) is 16.2. The molecule has 1 aromatic rings. The largest absolute Gasteiger partial charge is 0.375 e. The first kappa shape index (κ1) is 18.5. The lowest BCUT2D eigenvalue weighted by Gasteiger charge is -2.25. The fourth-order valence-corrected chi connectivity index (χ4v) is 4.36. The van der Waals surface area contributed by atoms with Crippen molar-refractivity contribution in [3.63, 3.8) is 0 Å². The van der Waals surface area contributed by atoms with Crippen LogP contribution in [0.4, 0.5) is 11.6 Å². The van der Waals surface area contributed by atoms with E-state index in [1.165, 1.54) is 16.0 Å². The van der Waals surface area contributed by atoms with Crippen molar-refractivity contribution in [2.24, 2.45) is 0 Å². The van der Waals surface area contributed by atoms with Gasteiger partial charge in [0, 0.05) is 19.6 Å². The topological polar surface area (TPSA) is 84.9 Å². The molecule has 0 amide bonds. The maximum absolute atomic E-state index is 9.84. The maximum Gasteiger partial charge on any atom is 0.237 e. The second kappa shape index (κ2) is 8.42. The van der Waals surface area contributed by atoms with Gasteiger partial charge in [-0.2, -0.15) is 5.26 Å². The third-order valence-electron chi connectivity index (χ3n) is 5.92. The van der Waals surface area contributed by atoms with Crippen molar-refractivity contribution in [1.82, 2.24) is 0 Å². The number of hydrogen-bond donors (Lipinski definition) is 3. The van der Waals surface area contributed by atoms with Crippen LogP contribution in [0.5, 0.6) is 0 Å². The van der Waals surface area contributed by atoms with E-state index in [4.69, 9.17) is 9.47 Å². The molecule has 7 nitrogen and oxygen atoms in total. The van der Waals surface area contributed by atoms with Crippen molar-refractivity contribution in [3.05, 3.63) is 16.7 Å². The van der Waals surface area contributed by atoms with Crippen molar-refractivity contribution in [2.45, 2.75) is 50.9 Å². The molecule has 4 heterocycles. The highest BCUT2D eigenvalue weighted by molar-refractivity contribution is 5.60. The quantitative estimate of drug-likeness (QED) is 0.660. The highest BCUT2D eigenvalue weighted by atomic mass is 16.5. The van der Waals surface area contributed by atoms with Crippen molar-refractivity contribution >= 4 is 11.6 Å². The third kappa shape index (κ3) is 4.18. The van der Waals surface area contributed by atoms with Crippen LogP contribution in [0.3, 0.4) is 0 Å². The van der Waals surface area contributed by atoms with Gasteiger partial charge in [0.15, 0.2) is 0 Å². The molecule has 0 aliphatic carbocycles. The molecule has 7 heteroatoms. The zero-order valence-corrected chi connectivity index (χ0v) is 16.2. The Balaban J connectivity index is 1.58. The number of ether oxygens (including phenoxy) is 2. The van der Waals surface area contributed by atoms with Crippen LogP contribution in [0, 0.1) is 11.3 Å². The average molecular weight is 374 g/mol. The Morgan fingerprint density at radius 3 is 2.33 bits per heavy atom. The van der Waals surface area contributed by atoms with E-state index in [9.17, 15) is 5.26 Å². The van der Waals surface area contributed by atoms with Crippen molar-refractivity contribution in [3.8, 4) is 6.07 Å². The number of rotatable bonds is 6. The molecular formula is C20H31N5O2+2. The summed E-state index contributed by atoms with van der Waals surface area (Å²) in [5, 5.41) is 16.9. The summed E-state index contributed by atoms with van der Waals surface area (Å²) in [4.78, 5) is 4.96. The van der Waals surface area contributed by atoms with Crippen LogP contribution in [0.15, 0.2) is 0 Å². The van der Waals surface area contributed by atoms with Gasteiger partial charge in [-0.25, -0.2) is 4.98 Å². The van der Waals surface area contributed by atoms with Gasteiger partial charge in [-0.1, -0.05) is 0 Å². The number of anilines is 2. The monoisotopic (exact) mass is 373 g/mol. The zero-order chi connectivity index (χ0) is 18.6. The van der Waals surface area contributed by atoms with Gasteiger partial charge in [0.05, 0.1) is 44.5 Å². The number of aromatic amines is 1. The molecule has 2 saturated heterocycles. The molecule has 1 aromatic heterocycles. The van der Waals surface area contributed by atoms with E-state index in [1.807, 2.05) is 0 Å². The number of aromatic nitrogens is 1. The summed E-state index contributed by atoms with van der Waals surface area (Å²) in [5.41, 5.74) is 3.20. The van der Waals surface area contributed by atoms with E-state index >= 15 is 0 Å². The number of likely N-dealkylation sites (N-methyl/N-ethyl adjacent to an activating group) is 1. The maximum atomic E-state index is 9.84. The fraction of sp³-hybridized carbons (Fsp3) is 0.700. The highest BCUT2D eigenvalue weighted by Gasteiger charge is 2.30. The SMILES string of the molecule is C[NH+]1CCc2c(C#N)c(NC[C@@H]3CCCO3)[nH+]c(NC[C@@H]3CCCO3)c2C1. The Hall–Kier alpha value is -1.88. The molecule has 4 rings (SSSR count). The van der Waals surface area contributed by atoms with Gasteiger partial charge < -0.3 is 25.0 Å². The van der Waals surface area contributed by atoms with Crippen LogP contribution in [0.1, 0.15) is 42.4 Å². The van der Waals surface area contributed by atoms with Crippen LogP contribution in [0.2, 0.25) is 0 Å². The first-order valence-electron chi connectivity index (χ1n) is 10.3. The fourth-order valence-electron chi connectivity index (χ4n) is 4.36. The standard InChI is InChI=1S/C20H29N5O2/c1-25-7-6-16-17(10-21)19(22-11-14-4-2-8-26-14)24-20(18(16)13-25)23-12-15-5-3-9-27-15/h14-15H,2-9,11-13H2,1H3,(H2,22,23,24)/p+2/t14-,15-/m0/s1. The number of pyridine rings is 1. The minimum atomic E-state index is 0.236. The lowest BCUT2D eigenvalue weighted by Crippen LogP contribution is -3.08. The first-order valence-corrected chi connectivity index (χ1v) is 10.3. The van der Waals surface area contributed by atoms with Crippen LogP contribution in [-0.4, -0.2) is 52.1 Å². The molecule has 146 valence electrons. The molecule has 2 fully saturated rings. The number of fused-ring (bicyclic) bond motifs is 1. The van der Waals surface area contributed by atoms with E-state index in [0.717, 1.165) is 88.7 Å². The van der Waals surface area contributed by atoms with E-state index < -0.39 is 0 Å². The van der Waals surface area contributed by atoms with Gasteiger partial charge in [0.1, 0.15) is 18.2 Å². The van der Waals surface area contributed by atoms with Crippen molar-refractivity contribution in [1.29, 1.82) is 5.26 Å². The molecular weight excluding hydrogens is 342 g/mol. The number of hydrogen-bond acceptors (Lipinski definition) is 5. The Bertz CT molecular complexity index is 705. The Morgan fingerprint density at radius 2 is 1.74 bits per heavy atom. The van der Waals surface area contributed by atoms with Gasteiger partial charge in [0.2, 0.25) is 11.6 Å². The second-order valence-electron chi connectivity index (χ2n) is 7.98. The second-order valence-corrected chi connectivity index (χ2v) is 7.98. The minimum Gasteiger partial charge on any atom is -0.375 e. The molecule has 0 aromatic carbocycles. The number of nitriles is 1. The summed E-state index contributed by atoms with van der Waals surface area (Å²) in [6, 6.07) is 2.44. The molecule has 4 N–H and O–H groups in total. The summed E-state index contributed by atoms with van der Waals surface area (Å²) in [5.74, 6) is 1.86. The van der Waals surface area contributed by atoms with Gasteiger partial charge in [0.25, 0.3) is 0 Å². The molecule has 3 aliphatic heterocycles. The molecule has 3 aliphatic rings. The molecule has 0 spiro atoms. The number of H-pyrrole nitrogens is 1. The Kier molecular flexibility index (Phi) is 5.77. The smallest absolute Gasteiger partial charge is 0.237 e. The van der Waals surface area contributed by atoms with Crippen molar-refractivity contribution < 1.29 is 19.4 Å². The average Bonchev–Trinajstić information content (AvgIpc) is 3.38. The van der Waals surface area contributed by atoms with Gasteiger partial charge in [-0.3, -0.25) is 0 Å². The summed E-state index contributed by atoms with van der Waals surface area (Å²) in [7, 11) is 2.21. The summed E-state index contributed by atoms with van der Waals surface area (Å²) in [6.07, 6.45) is 5.90. The lowest BCUT2D eigenvalue weighted by atomic mass is 9.95. The van der Waals surface area contributed by atoms with Gasteiger partial charge >= 0.3 is 0 Å². The summed E-state index contributed by atoms with van der Waals surface area (Å²) >= 11 is 0. The number of quaternary nitrogens is 1. The summed E-state index contributed by atoms with van der Waals surface area (Å²) in [6.45, 7) is 5.24.